The minimum atomic E-state index is 0.621. The van der Waals surface area contributed by atoms with Crippen LogP contribution in [0.2, 0.25) is 0 Å². The smallest absolute Gasteiger partial charge is 0.191 e. The van der Waals surface area contributed by atoms with E-state index in [9.17, 15) is 0 Å². The van der Waals surface area contributed by atoms with Gasteiger partial charge in [0.25, 0.3) is 0 Å². The van der Waals surface area contributed by atoms with Crippen molar-refractivity contribution in [2.24, 2.45) is 4.99 Å². The molecule has 0 aliphatic rings. The van der Waals surface area contributed by atoms with Gasteiger partial charge in [-0.25, -0.2) is 14.7 Å². The van der Waals surface area contributed by atoms with Gasteiger partial charge >= 0.3 is 0 Å². The fourth-order valence-corrected chi connectivity index (χ4v) is 3.19. The van der Waals surface area contributed by atoms with E-state index in [-0.39, 0.29) is 0 Å². The van der Waals surface area contributed by atoms with Crippen LogP contribution in [-0.4, -0.2) is 27.3 Å². The van der Waals surface area contributed by atoms with E-state index in [0.29, 0.717) is 6.54 Å². The zero-order valence-corrected chi connectivity index (χ0v) is 15.3. The largest absolute Gasteiger partial charge is 0.357 e. The second-order valence-corrected chi connectivity index (χ2v) is 6.94. The zero-order chi connectivity index (χ0) is 17.5. The molecule has 0 radical (unpaired) electrons. The Hall–Kier alpha value is -2.67. The van der Waals surface area contributed by atoms with Crippen LogP contribution in [-0.2, 0) is 13.1 Å². The van der Waals surface area contributed by atoms with Crippen molar-refractivity contribution in [1.82, 2.24) is 25.4 Å². The van der Waals surface area contributed by atoms with E-state index in [1.807, 2.05) is 12.1 Å². The summed E-state index contributed by atoms with van der Waals surface area (Å²) < 4.78 is 1.74. The highest BCUT2D eigenvalue weighted by atomic mass is 32.1. The van der Waals surface area contributed by atoms with Crippen LogP contribution in [0.3, 0.4) is 0 Å². The van der Waals surface area contributed by atoms with Crippen LogP contribution in [0.15, 0.2) is 54.0 Å². The maximum absolute atomic E-state index is 4.66. The molecular formula is C18H22N6S. The highest BCUT2D eigenvalue weighted by Crippen LogP contribution is 2.14. The summed E-state index contributed by atoms with van der Waals surface area (Å²) in [6, 6.07) is 12.5. The number of aromatic nitrogens is 3. The first-order chi connectivity index (χ1) is 12.2. The first-order valence-corrected chi connectivity index (χ1v) is 9.07. The third-order valence-electron chi connectivity index (χ3n) is 3.61. The number of guanidine groups is 1. The summed E-state index contributed by atoms with van der Waals surface area (Å²) >= 11 is 1.80. The van der Waals surface area contributed by atoms with Crippen LogP contribution in [0.1, 0.15) is 22.2 Å². The molecule has 3 rings (SSSR count). The summed E-state index contributed by atoms with van der Waals surface area (Å²) in [5, 5.41) is 10.8. The number of hydrogen-bond acceptors (Lipinski definition) is 4. The molecule has 3 aromatic rings. The number of nitrogens with one attached hydrogen (secondary N) is 2. The molecule has 0 aliphatic carbocycles. The standard InChI is InChI=1S/C18H22N6S/c1-3-20-18(22-11-17-9-4-14(2)25-17)21-10-15-5-7-16(8-6-15)24-13-19-12-23-24/h4-9,12-13H,3,10-11H2,1-2H3,(H2,20,21,22). The molecule has 130 valence electrons. The van der Waals surface area contributed by atoms with Gasteiger partial charge in [0.15, 0.2) is 5.96 Å². The molecule has 0 fully saturated rings. The Labute approximate surface area is 151 Å². The van der Waals surface area contributed by atoms with Gasteiger partial charge in [-0.3, -0.25) is 0 Å². The number of thiophene rings is 1. The normalized spacial score (nSPS) is 11.5. The minimum absolute atomic E-state index is 0.621. The van der Waals surface area contributed by atoms with E-state index in [0.717, 1.165) is 30.3 Å². The molecule has 0 spiro atoms. The summed E-state index contributed by atoms with van der Waals surface area (Å²) in [7, 11) is 0. The van der Waals surface area contributed by atoms with Gasteiger partial charge in [-0.2, -0.15) is 5.10 Å². The van der Waals surface area contributed by atoms with Crippen molar-refractivity contribution < 1.29 is 0 Å². The summed E-state index contributed by atoms with van der Waals surface area (Å²) in [6.45, 7) is 6.43. The maximum Gasteiger partial charge on any atom is 0.191 e. The van der Waals surface area contributed by atoms with Crippen molar-refractivity contribution in [3.63, 3.8) is 0 Å². The highest BCUT2D eigenvalue weighted by molar-refractivity contribution is 7.11. The molecule has 0 saturated carbocycles. The Bertz CT molecular complexity index is 804. The second kappa shape index (κ2) is 8.43. The first-order valence-electron chi connectivity index (χ1n) is 8.26. The van der Waals surface area contributed by atoms with Crippen molar-refractivity contribution in [3.8, 4) is 5.69 Å². The first kappa shape index (κ1) is 17.2. The van der Waals surface area contributed by atoms with Gasteiger partial charge in [-0.05, 0) is 43.7 Å². The van der Waals surface area contributed by atoms with Crippen molar-refractivity contribution in [2.75, 3.05) is 6.54 Å². The lowest BCUT2D eigenvalue weighted by molar-refractivity contribution is 0.823. The average molecular weight is 354 g/mol. The molecule has 0 bridgehead atoms. The van der Waals surface area contributed by atoms with Gasteiger partial charge in [-0.15, -0.1) is 11.3 Å². The SMILES string of the molecule is CCNC(=NCc1ccc(-n2cncn2)cc1)NCc1ccc(C)s1. The van der Waals surface area contributed by atoms with Gasteiger partial charge in [-0.1, -0.05) is 12.1 Å². The van der Waals surface area contributed by atoms with E-state index < -0.39 is 0 Å². The van der Waals surface area contributed by atoms with Crippen LogP contribution in [0.4, 0.5) is 0 Å². The quantitative estimate of drug-likeness (QED) is 0.528. The van der Waals surface area contributed by atoms with Crippen LogP contribution in [0, 0.1) is 6.92 Å². The third-order valence-corrected chi connectivity index (χ3v) is 4.61. The molecule has 1 aromatic carbocycles. The third kappa shape index (κ3) is 4.90. The molecule has 0 aliphatic heterocycles. The number of nitrogens with zero attached hydrogens (tertiary/aromatic N) is 4. The van der Waals surface area contributed by atoms with E-state index in [1.165, 1.54) is 16.1 Å². The van der Waals surface area contributed by atoms with E-state index in [1.54, 1.807) is 22.3 Å². The number of benzene rings is 1. The number of aliphatic imine (C=N–C) groups is 1. The van der Waals surface area contributed by atoms with Crippen LogP contribution < -0.4 is 10.6 Å². The van der Waals surface area contributed by atoms with Crippen molar-refractivity contribution in [1.29, 1.82) is 0 Å². The summed E-state index contributed by atoms with van der Waals surface area (Å²) in [5.41, 5.74) is 2.14. The van der Waals surface area contributed by atoms with Crippen LogP contribution in [0.25, 0.3) is 5.69 Å². The number of aryl methyl sites for hydroxylation is 1. The zero-order valence-electron chi connectivity index (χ0n) is 14.4. The van der Waals surface area contributed by atoms with Crippen molar-refractivity contribution in [3.05, 3.63) is 64.4 Å². The Morgan fingerprint density at radius 2 is 2.00 bits per heavy atom. The molecule has 0 atom stereocenters. The average Bonchev–Trinajstić information content (AvgIpc) is 3.30. The fourth-order valence-electron chi connectivity index (χ4n) is 2.36. The molecule has 0 saturated heterocycles. The lowest BCUT2D eigenvalue weighted by atomic mass is 10.2. The molecule has 2 N–H and O–H groups in total. The van der Waals surface area contributed by atoms with Gasteiger partial charge in [0, 0.05) is 16.3 Å². The van der Waals surface area contributed by atoms with Crippen molar-refractivity contribution >= 4 is 17.3 Å². The Kier molecular flexibility index (Phi) is 5.79. The van der Waals surface area contributed by atoms with E-state index >= 15 is 0 Å². The molecule has 0 amide bonds. The topological polar surface area (TPSA) is 67.1 Å². The Morgan fingerprint density at radius 1 is 1.16 bits per heavy atom. The molecule has 0 unspecified atom stereocenters. The van der Waals surface area contributed by atoms with E-state index in [2.05, 4.69) is 63.8 Å². The van der Waals surface area contributed by atoms with Crippen LogP contribution in [0.5, 0.6) is 0 Å². The monoisotopic (exact) mass is 354 g/mol. The van der Waals surface area contributed by atoms with Gasteiger partial charge in [0.2, 0.25) is 0 Å². The van der Waals surface area contributed by atoms with E-state index in [4.69, 9.17) is 0 Å². The maximum atomic E-state index is 4.66. The van der Waals surface area contributed by atoms with Crippen LogP contribution >= 0.6 is 11.3 Å². The molecule has 6 nitrogen and oxygen atoms in total. The van der Waals surface area contributed by atoms with Crippen molar-refractivity contribution in [2.45, 2.75) is 26.9 Å². The molecular weight excluding hydrogens is 332 g/mol. The lowest BCUT2D eigenvalue weighted by Crippen LogP contribution is -2.36. The fraction of sp³-hybridized carbons (Fsp3) is 0.278. The Morgan fingerprint density at radius 3 is 2.64 bits per heavy atom. The molecule has 25 heavy (non-hydrogen) atoms. The molecule has 2 aromatic heterocycles. The second-order valence-electron chi connectivity index (χ2n) is 5.57. The lowest BCUT2D eigenvalue weighted by Gasteiger charge is -2.10. The highest BCUT2D eigenvalue weighted by Gasteiger charge is 2.01. The predicted octanol–water partition coefficient (Wildman–Crippen LogP) is 2.89. The summed E-state index contributed by atoms with van der Waals surface area (Å²) in [4.78, 5) is 11.3. The number of hydrogen-bond donors (Lipinski definition) is 2. The minimum Gasteiger partial charge on any atom is -0.357 e. The van der Waals surface area contributed by atoms with Gasteiger partial charge < -0.3 is 10.6 Å². The van der Waals surface area contributed by atoms with Gasteiger partial charge in [0.05, 0.1) is 18.8 Å². The Balaban J connectivity index is 1.60. The van der Waals surface area contributed by atoms with Gasteiger partial charge in [0.1, 0.15) is 12.7 Å². The predicted molar refractivity (Wildman–Crippen MR) is 102 cm³/mol. The number of rotatable bonds is 6. The molecule has 7 heteroatoms. The molecule has 2 heterocycles. The summed E-state index contributed by atoms with van der Waals surface area (Å²) in [6.07, 6.45) is 3.22. The summed E-state index contributed by atoms with van der Waals surface area (Å²) in [5.74, 6) is 0.828.